The Morgan fingerprint density at radius 2 is 1.93 bits per heavy atom. The van der Waals surface area contributed by atoms with Crippen molar-refractivity contribution < 1.29 is 5.11 Å². The smallest absolute Gasteiger partial charge is 0.0795 e. The summed E-state index contributed by atoms with van der Waals surface area (Å²) in [4.78, 5) is 0. The summed E-state index contributed by atoms with van der Waals surface area (Å²) in [7, 11) is 0. The van der Waals surface area contributed by atoms with Gasteiger partial charge < -0.3 is 15.7 Å². The van der Waals surface area contributed by atoms with Gasteiger partial charge in [0.15, 0.2) is 0 Å². The first-order valence-electron chi connectivity index (χ1n) is 6.41. The van der Waals surface area contributed by atoms with Gasteiger partial charge in [-0.25, -0.2) is 0 Å². The molecule has 3 nitrogen and oxygen atoms in total. The lowest BCUT2D eigenvalue weighted by atomic mass is 9.92. The number of nitrogens with one attached hydrogen (secondary N) is 2. The van der Waals surface area contributed by atoms with Gasteiger partial charge in [0, 0.05) is 6.54 Å². The molecule has 1 rings (SSSR count). The summed E-state index contributed by atoms with van der Waals surface area (Å²) in [6, 6.07) is 0. The van der Waals surface area contributed by atoms with E-state index in [1.807, 2.05) is 0 Å². The van der Waals surface area contributed by atoms with Gasteiger partial charge in [-0.2, -0.15) is 0 Å². The van der Waals surface area contributed by atoms with Gasteiger partial charge in [0.1, 0.15) is 0 Å². The molecule has 0 unspecified atom stereocenters. The summed E-state index contributed by atoms with van der Waals surface area (Å²) < 4.78 is 0. The summed E-state index contributed by atoms with van der Waals surface area (Å²) in [5.41, 5.74) is -0.448. The Hall–Kier alpha value is -0.120. The second-order valence-corrected chi connectivity index (χ2v) is 4.71. The van der Waals surface area contributed by atoms with Gasteiger partial charge in [-0.1, -0.05) is 26.2 Å². The van der Waals surface area contributed by atoms with Crippen molar-refractivity contribution in [1.82, 2.24) is 10.6 Å². The topological polar surface area (TPSA) is 44.3 Å². The van der Waals surface area contributed by atoms with Gasteiger partial charge >= 0.3 is 0 Å². The maximum atomic E-state index is 10.2. The van der Waals surface area contributed by atoms with E-state index in [1.54, 1.807) is 0 Å². The molecule has 15 heavy (non-hydrogen) atoms. The fraction of sp³-hybridized carbons (Fsp3) is 1.00. The van der Waals surface area contributed by atoms with Gasteiger partial charge in [0.05, 0.1) is 5.60 Å². The van der Waals surface area contributed by atoms with Gasteiger partial charge in [0.2, 0.25) is 0 Å². The minimum Gasteiger partial charge on any atom is -0.388 e. The van der Waals surface area contributed by atoms with Crippen LogP contribution in [0.1, 0.15) is 45.4 Å². The van der Waals surface area contributed by atoms with E-state index in [1.165, 1.54) is 25.7 Å². The van der Waals surface area contributed by atoms with E-state index in [0.29, 0.717) is 0 Å². The molecule has 0 atom stereocenters. The molecule has 0 saturated carbocycles. The summed E-state index contributed by atoms with van der Waals surface area (Å²) in [5.74, 6) is 0. The van der Waals surface area contributed by atoms with E-state index >= 15 is 0 Å². The third-order valence-corrected chi connectivity index (χ3v) is 3.20. The van der Waals surface area contributed by atoms with Crippen molar-refractivity contribution in [2.75, 3.05) is 26.2 Å². The normalized spacial score (nSPS) is 20.4. The van der Waals surface area contributed by atoms with E-state index in [0.717, 1.165) is 39.0 Å². The van der Waals surface area contributed by atoms with Crippen LogP contribution in [0.2, 0.25) is 0 Å². The maximum absolute atomic E-state index is 10.2. The van der Waals surface area contributed by atoms with Crippen molar-refractivity contribution in [2.24, 2.45) is 0 Å². The predicted molar refractivity (Wildman–Crippen MR) is 64.1 cm³/mol. The van der Waals surface area contributed by atoms with Crippen LogP contribution in [0.3, 0.4) is 0 Å². The van der Waals surface area contributed by atoms with Crippen LogP contribution in [-0.2, 0) is 0 Å². The molecule has 3 N–H and O–H groups in total. The van der Waals surface area contributed by atoms with Crippen LogP contribution < -0.4 is 10.6 Å². The van der Waals surface area contributed by atoms with E-state index in [-0.39, 0.29) is 0 Å². The molecule has 1 aliphatic heterocycles. The van der Waals surface area contributed by atoms with Crippen molar-refractivity contribution in [2.45, 2.75) is 51.0 Å². The molecule has 0 bridgehead atoms. The quantitative estimate of drug-likeness (QED) is 0.559. The average Bonchev–Trinajstić information content (AvgIpc) is 2.24. The number of unbranched alkanes of at least 4 members (excludes halogenated alkanes) is 3. The molecule has 3 heteroatoms. The molecular formula is C12H26N2O. The van der Waals surface area contributed by atoms with Crippen LogP contribution in [0.5, 0.6) is 0 Å². The number of hydrogen-bond acceptors (Lipinski definition) is 3. The SMILES string of the molecule is CCCCCCNCC1(O)CCNCC1. The standard InChI is InChI=1S/C12H26N2O/c1-2-3-4-5-8-14-11-12(15)6-9-13-10-7-12/h13-15H,2-11H2,1H3. The summed E-state index contributed by atoms with van der Waals surface area (Å²) in [6.07, 6.45) is 6.93. The highest BCUT2D eigenvalue weighted by atomic mass is 16.3. The third kappa shape index (κ3) is 5.50. The average molecular weight is 214 g/mol. The van der Waals surface area contributed by atoms with Gasteiger partial charge in [0.25, 0.3) is 0 Å². The highest BCUT2D eigenvalue weighted by molar-refractivity contribution is 4.86. The Bertz CT molecular complexity index is 156. The molecule has 0 aliphatic carbocycles. The Labute approximate surface area is 93.6 Å². The highest BCUT2D eigenvalue weighted by Gasteiger charge is 2.28. The van der Waals surface area contributed by atoms with E-state index in [2.05, 4.69) is 17.6 Å². The van der Waals surface area contributed by atoms with E-state index in [9.17, 15) is 5.11 Å². The molecule has 0 radical (unpaired) electrons. The van der Waals surface area contributed by atoms with Crippen molar-refractivity contribution in [3.63, 3.8) is 0 Å². The first-order chi connectivity index (χ1) is 7.27. The first kappa shape index (κ1) is 12.9. The predicted octanol–water partition coefficient (Wildman–Crippen LogP) is 1.27. The Kier molecular flexibility index (Phi) is 6.22. The third-order valence-electron chi connectivity index (χ3n) is 3.20. The van der Waals surface area contributed by atoms with Crippen LogP contribution >= 0.6 is 0 Å². The number of aliphatic hydroxyl groups is 1. The number of rotatable bonds is 7. The lowest BCUT2D eigenvalue weighted by Gasteiger charge is -2.32. The molecule has 90 valence electrons. The zero-order valence-electron chi connectivity index (χ0n) is 10.0. The molecule has 1 saturated heterocycles. The summed E-state index contributed by atoms with van der Waals surface area (Å²) >= 11 is 0. The lowest BCUT2D eigenvalue weighted by Crippen LogP contribution is -2.48. The fourth-order valence-corrected chi connectivity index (χ4v) is 2.07. The second-order valence-electron chi connectivity index (χ2n) is 4.71. The fourth-order valence-electron chi connectivity index (χ4n) is 2.07. The molecule has 0 amide bonds. The van der Waals surface area contributed by atoms with E-state index < -0.39 is 5.60 Å². The van der Waals surface area contributed by atoms with Gasteiger partial charge in [-0.15, -0.1) is 0 Å². The Morgan fingerprint density at radius 3 is 2.60 bits per heavy atom. The molecule has 0 aromatic heterocycles. The largest absolute Gasteiger partial charge is 0.388 e. The molecular weight excluding hydrogens is 188 g/mol. The van der Waals surface area contributed by atoms with Crippen molar-refractivity contribution >= 4 is 0 Å². The molecule has 1 fully saturated rings. The zero-order valence-corrected chi connectivity index (χ0v) is 10.0. The van der Waals surface area contributed by atoms with Crippen LogP contribution in [0.4, 0.5) is 0 Å². The van der Waals surface area contributed by atoms with Gasteiger partial charge in [-0.05, 0) is 38.9 Å². The highest BCUT2D eigenvalue weighted by Crippen LogP contribution is 2.16. The Morgan fingerprint density at radius 1 is 1.20 bits per heavy atom. The van der Waals surface area contributed by atoms with Gasteiger partial charge in [-0.3, -0.25) is 0 Å². The van der Waals surface area contributed by atoms with Crippen LogP contribution in [0.15, 0.2) is 0 Å². The van der Waals surface area contributed by atoms with Crippen molar-refractivity contribution in [1.29, 1.82) is 0 Å². The first-order valence-corrected chi connectivity index (χ1v) is 6.41. The van der Waals surface area contributed by atoms with Crippen molar-refractivity contribution in [3.05, 3.63) is 0 Å². The van der Waals surface area contributed by atoms with E-state index in [4.69, 9.17) is 0 Å². The van der Waals surface area contributed by atoms with Crippen LogP contribution in [0.25, 0.3) is 0 Å². The van der Waals surface area contributed by atoms with Crippen molar-refractivity contribution in [3.8, 4) is 0 Å². The molecule has 1 aliphatic rings. The maximum Gasteiger partial charge on any atom is 0.0795 e. The second kappa shape index (κ2) is 7.20. The number of piperidine rings is 1. The van der Waals surface area contributed by atoms with Crippen LogP contribution in [-0.4, -0.2) is 36.9 Å². The minimum absolute atomic E-state index is 0.448. The summed E-state index contributed by atoms with van der Waals surface area (Å²) in [5, 5.41) is 16.8. The molecule has 0 spiro atoms. The Balaban J connectivity index is 1.98. The number of hydrogen-bond donors (Lipinski definition) is 3. The molecule has 0 aromatic carbocycles. The lowest BCUT2D eigenvalue weighted by molar-refractivity contribution is 0.0113. The molecule has 0 aromatic rings. The molecule has 1 heterocycles. The van der Waals surface area contributed by atoms with Crippen LogP contribution in [0, 0.1) is 0 Å². The minimum atomic E-state index is -0.448. The monoisotopic (exact) mass is 214 g/mol. The zero-order chi connectivity index (χ0) is 11.0. The summed E-state index contributed by atoms with van der Waals surface area (Å²) in [6.45, 7) is 5.95.